The number of para-hydroxylation sites is 1. The summed E-state index contributed by atoms with van der Waals surface area (Å²) >= 11 is 0. The van der Waals surface area contributed by atoms with E-state index >= 15 is 0 Å². The lowest BCUT2D eigenvalue weighted by Gasteiger charge is -2.03. The summed E-state index contributed by atoms with van der Waals surface area (Å²) in [5.74, 6) is -1.20. The Labute approximate surface area is 125 Å². The highest BCUT2D eigenvalue weighted by atomic mass is 16.5. The summed E-state index contributed by atoms with van der Waals surface area (Å²) in [6, 6.07) is 12.3. The summed E-state index contributed by atoms with van der Waals surface area (Å²) < 4.78 is 0. The molecule has 0 aliphatic rings. The Bertz CT molecular complexity index is 728. The fraction of sp³-hybridized carbons (Fsp3) is 0. The summed E-state index contributed by atoms with van der Waals surface area (Å²) in [6.45, 7) is 0. The second-order valence-electron chi connectivity index (χ2n) is 4.28. The van der Waals surface area contributed by atoms with Crippen LogP contribution >= 0.6 is 0 Å². The minimum atomic E-state index is -0.715. The molecule has 112 valence electrons. The smallest absolute Gasteiger partial charge is 0.274 e. The molecular formula is C15H13N3O4. The van der Waals surface area contributed by atoms with Gasteiger partial charge in [-0.05, 0) is 30.3 Å². The van der Waals surface area contributed by atoms with Crippen molar-refractivity contribution in [3.05, 3.63) is 65.2 Å². The molecule has 2 amide bonds. The normalized spacial score (nSPS) is 10.4. The van der Waals surface area contributed by atoms with Gasteiger partial charge in [0.05, 0.1) is 6.21 Å². The maximum Gasteiger partial charge on any atom is 0.274 e. The second kappa shape index (κ2) is 7.00. The number of phenols is 1. The molecule has 0 aliphatic carbocycles. The third-order valence-electron chi connectivity index (χ3n) is 2.79. The fourth-order valence-electron chi connectivity index (χ4n) is 1.69. The van der Waals surface area contributed by atoms with Gasteiger partial charge >= 0.3 is 0 Å². The molecule has 0 saturated carbocycles. The number of amides is 2. The zero-order chi connectivity index (χ0) is 15.9. The highest BCUT2D eigenvalue weighted by Gasteiger charge is 2.09. The minimum absolute atomic E-state index is 0.0436. The lowest BCUT2D eigenvalue weighted by Crippen LogP contribution is -2.21. The van der Waals surface area contributed by atoms with Crippen molar-refractivity contribution in [1.29, 1.82) is 0 Å². The van der Waals surface area contributed by atoms with Crippen LogP contribution in [0.4, 0.5) is 0 Å². The molecule has 0 aromatic heterocycles. The van der Waals surface area contributed by atoms with E-state index in [1.54, 1.807) is 18.2 Å². The number of nitrogens with zero attached hydrogens (tertiary/aromatic N) is 1. The molecule has 2 rings (SSSR count). The molecule has 0 unspecified atom stereocenters. The number of carbonyl (C=O) groups is 2. The highest BCUT2D eigenvalue weighted by molar-refractivity contribution is 5.99. The topological polar surface area (TPSA) is 111 Å². The molecule has 0 heterocycles. The molecule has 0 atom stereocenters. The molecule has 2 aromatic carbocycles. The van der Waals surface area contributed by atoms with E-state index in [4.69, 9.17) is 5.21 Å². The minimum Gasteiger partial charge on any atom is -0.507 e. The summed E-state index contributed by atoms with van der Waals surface area (Å²) in [6.07, 6.45) is 1.30. The first-order valence-corrected chi connectivity index (χ1v) is 6.27. The summed E-state index contributed by atoms with van der Waals surface area (Å²) in [5.41, 5.74) is 4.57. The van der Waals surface area contributed by atoms with Gasteiger partial charge in [-0.1, -0.05) is 18.2 Å². The van der Waals surface area contributed by atoms with Crippen LogP contribution in [0.25, 0.3) is 0 Å². The van der Waals surface area contributed by atoms with Gasteiger partial charge in [0.15, 0.2) is 0 Å². The average molecular weight is 299 g/mol. The zero-order valence-corrected chi connectivity index (χ0v) is 11.4. The fourth-order valence-corrected chi connectivity index (χ4v) is 1.69. The molecule has 0 saturated heterocycles. The van der Waals surface area contributed by atoms with Crippen LogP contribution < -0.4 is 10.9 Å². The van der Waals surface area contributed by atoms with E-state index in [0.717, 1.165) is 0 Å². The van der Waals surface area contributed by atoms with Crippen molar-refractivity contribution in [1.82, 2.24) is 10.9 Å². The second-order valence-corrected chi connectivity index (χ2v) is 4.28. The first-order valence-electron chi connectivity index (χ1n) is 6.27. The first-order chi connectivity index (χ1) is 10.6. The molecule has 2 aromatic rings. The van der Waals surface area contributed by atoms with E-state index in [9.17, 15) is 14.7 Å². The number of hydrazone groups is 1. The van der Waals surface area contributed by atoms with E-state index in [1.807, 2.05) is 0 Å². The standard InChI is InChI=1S/C15H13N3O4/c19-13-7-2-1-4-12(13)9-16-17-14(20)10-5-3-6-11(8-10)15(21)18-22/h1-9,19,22H,(H,17,20)(H,18,21)/b16-9+. The lowest BCUT2D eigenvalue weighted by atomic mass is 10.1. The number of hydrogen-bond donors (Lipinski definition) is 4. The van der Waals surface area contributed by atoms with E-state index in [2.05, 4.69) is 10.5 Å². The van der Waals surface area contributed by atoms with Crippen molar-refractivity contribution in [2.75, 3.05) is 0 Å². The Morgan fingerprint density at radius 2 is 1.68 bits per heavy atom. The van der Waals surface area contributed by atoms with Crippen LogP contribution in [0.3, 0.4) is 0 Å². The molecule has 0 aliphatic heterocycles. The molecule has 4 N–H and O–H groups in total. The van der Waals surface area contributed by atoms with Gasteiger partial charge in [0.2, 0.25) is 0 Å². The highest BCUT2D eigenvalue weighted by Crippen LogP contribution is 2.12. The first kappa shape index (κ1) is 15.2. The molecule has 0 bridgehead atoms. The molecule has 0 fully saturated rings. The number of aromatic hydroxyl groups is 1. The van der Waals surface area contributed by atoms with Gasteiger partial charge in [-0.25, -0.2) is 10.9 Å². The van der Waals surface area contributed by atoms with Gasteiger partial charge in [-0.2, -0.15) is 5.10 Å². The van der Waals surface area contributed by atoms with Gasteiger partial charge in [-0.15, -0.1) is 0 Å². The molecule has 22 heavy (non-hydrogen) atoms. The average Bonchev–Trinajstić information content (AvgIpc) is 2.56. The van der Waals surface area contributed by atoms with E-state index in [0.29, 0.717) is 5.56 Å². The van der Waals surface area contributed by atoms with Gasteiger partial charge in [0.1, 0.15) is 5.75 Å². The summed E-state index contributed by atoms with van der Waals surface area (Å²) in [7, 11) is 0. The monoisotopic (exact) mass is 299 g/mol. The van der Waals surface area contributed by atoms with Crippen LogP contribution in [0.2, 0.25) is 0 Å². The van der Waals surface area contributed by atoms with Crippen molar-refractivity contribution < 1.29 is 19.9 Å². The quantitative estimate of drug-likeness (QED) is 0.387. The molecule has 7 heteroatoms. The predicted octanol–water partition coefficient (Wildman–Crippen LogP) is 1.28. The molecule has 0 spiro atoms. The van der Waals surface area contributed by atoms with Crippen LogP contribution in [-0.4, -0.2) is 28.3 Å². The Kier molecular flexibility index (Phi) is 4.84. The van der Waals surface area contributed by atoms with Crippen molar-refractivity contribution in [2.24, 2.45) is 5.10 Å². The largest absolute Gasteiger partial charge is 0.507 e. The van der Waals surface area contributed by atoms with Crippen molar-refractivity contribution >= 4 is 18.0 Å². The van der Waals surface area contributed by atoms with Gasteiger partial charge < -0.3 is 5.11 Å². The van der Waals surface area contributed by atoms with Crippen LogP contribution in [0.15, 0.2) is 53.6 Å². The van der Waals surface area contributed by atoms with E-state index < -0.39 is 11.8 Å². The number of hydroxylamine groups is 1. The van der Waals surface area contributed by atoms with Gasteiger partial charge in [0.25, 0.3) is 11.8 Å². The Morgan fingerprint density at radius 1 is 1.00 bits per heavy atom. The number of carbonyl (C=O) groups excluding carboxylic acids is 2. The van der Waals surface area contributed by atoms with Crippen molar-refractivity contribution in [3.8, 4) is 5.75 Å². The maximum absolute atomic E-state index is 11.9. The van der Waals surface area contributed by atoms with Crippen molar-refractivity contribution in [2.45, 2.75) is 0 Å². The lowest BCUT2D eigenvalue weighted by molar-refractivity contribution is 0.0706. The third kappa shape index (κ3) is 3.68. The number of phenolic OH excluding ortho intramolecular Hbond substituents is 1. The van der Waals surface area contributed by atoms with Crippen molar-refractivity contribution in [3.63, 3.8) is 0 Å². The van der Waals surface area contributed by atoms with Gasteiger partial charge in [0, 0.05) is 16.7 Å². The summed E-state index contributed by atoms with van der Waals surface area (Å²) in [5, 5.41) is 21.8. The van der Waals surface area contributed by atoms with Gasteiger partial charge in [-0.3, -0.25) is 14.8 Å². The maximum atomic E-state index is 11.9. The Morgan fingerprint density at radius 3 is 2.36 bits per heavy atom. The van der Waals surface area contributed by atoms with Crippen LogP contribution in [-0.2, 0) is 0 Å². The van der Waals surface area contributed by atoms with Crippen LogP contribution in [0, 0.1) is 0 Å². The number of nitrogens with one attached hydrogen (secondary N) is 2. The van der Waals surface area contributed by atoms with E-state index in [1.165, 1.54) is 42.0 Å². The number of hydrogen-bond acceptors (Lipinski definition) is 5. The molecule has 0 radical (unpaired) electrons. The van der Waals surface area contributed by atoms with Crippen LogP contribution in [0.1, 0.15) is 26.3 Å². The zero-order valence-electron chi connectivity index (χ0n) is 11.4. The van der Waals surface area contributed by atoms with E-state index in [-0.39, 0.29) is 16.9 Å². The number of benzene rings is 2. The Balaban J connectivity index is 2.07. The third-order valence-corrected chi connectivity index (χ3v) is 2.79. The summed E-state index contributed by atoms with van der Waals surface area (Å²) in [4.78, 5) is 23.2. The Hall–Kier alpha value is -3.19. The molecule has 7 nitrogen and oxygen atoms in total. The number of rotatable bonds is 4. The van der Waals surface area contributed by atoms with Crippen LogP contribution in [0.5, 0.6) is 5.75 Å². The predicted molar refractivity (Wildman–Crippen MR) is 78.9 cm³/mol. The SMILES string of the molecule is O=C(NO)c1cccc(C(=O)N/N=C/c2ccccc2O)c1. The molecular weight excluding hydrogens is 286 g/mol.